The fourth-order valence-electron chi connectivity index (χ4n) is 1.35. The normalized spacial score (nSPS) is 15.2. The Morgan fingerprint density at radius 1 is 1.11 bits per heavy atom. The summed E-state index contributed by atoms with van der Waals surface area (Å²) in [4.78, 5) is 11.5. The minimum atomic E-state index is -1.55. The van der Waals surface area contributed by atoms with Crippen LogP contribution in [0.2, 0.25) is 0 Å². The van der Waals surface area contributed by atoms with Crippen molar-refractivity contribution in [1.29, 1.82) is 0 Å². The Bertz CT molecular complexity index is 299. The molecule has 2 unspecified atom stereocenters. The second-order valence-electron chi connectivity index (χ2n) is 6.31. The SMILES string of the molecule is CC(OC(C)(C)C)[P+](=O)CCC(=O)OC(C)(C)C. The van der Waals surface area contributed by atoms with Crippen LogP contribution in [0.4, 0.5) is 0 Å². The molecule has 5 heteroatoms. The summed E-state index contributed by atoms with van der Waals surface area (Å²) in [5, 5.41) is 0. The molecule has 4 nitrogen and oxygen atoms in total. The van der Waals surface area contributed by atoms with Crippen LogP contribution < -0.4 is 0 Å². The molecule has 0 amide bonds. The largest absolute Gasteiger partial charge is 0.460 e. The van der Waals surface area contributed by atoms with Gasteiger partial charge >= 0.3 is 13.8 Å². The summed E-state index contributed by atoms with van der Waals surface area (Å²) in [6, 6.07) is 0. The van der Waals surface area contributed by atoms with Crippen molar-refractivity contribution >= 4 is 13.8 Å². The van der Waals surface area contributed by atoms with Crippen LogP contribution in [0.3, 0.4) is 0 Å². The van der Waals surface area contributed by atoms with E-state index in [0.29, 0.717) is 6.16 Å². The molecule has 0 spiro atoms. The molecule has 0 aromatic carbocycles. The molecule has 0 N–H and O–H groups in total. The Morgan fingerprint density at radius 2 is 1.61 bits per heavy atom. The Balaban J connectivity index is 4.07. The highest BCUT2D eigenvalue weighted by atomic mass is 31.1. The summed E-state index contributed by atoms with van der Waals surface area (Å²) in [5.74, 6) is -0.656. The van der Waals surface area contributed by atoms with Crippen molar-refractivity contribution in [3.63, 3.8) is 0 Å². The standard InChI is InChI=1S/C13H26O4P/c1-10(16-12(2,3)4)18(15)9-8-11(14)17-13(5,6)7/h10H,8-9H2,1-7H3/q+1. The molecule has 0 saturated carbocycles. The van der Waals surface area contributed by atoms with Gasteiger partial charge in [-0.15, -0.1) is 0 Å². The number of carbonyl (C=O) groups excluding carboxylic acids is 1. The summed E-state index contributed by atoms with van der Waals surface area (Å²) in [7, 11) is -1.55. The van der Waals surface area contributed by atoms with E-state index in [1.165, 1.54) is 0 Å². The average Bonchev–Trinajstić information content (AvgIpc) is 2.08. The zero-order valence-electron chi connectivity index (χ0n) is 12.6. The minimum absolute atomic E-state index is 0.171. The van der Waals surface area contributed by atoms with Crippen LogP contribution in [-0.4, -0.2) is 29.2 Å². The van der Waals surface area contributed by atoms with E-state index in [1.807, 2.05) is 41.5 Å². The number of hydrogen-bond acceptors (Lipinski definition) is 4. The van der Waals surface area contributed by atoms with Gasteiger partial charge < -0.3 is 9.47 Å². The number of esters is 1. The van der Waals surface area contributed by atoms with Gasteiger partial charge in [0.25, 0.3) is 5.85 Å². The Morgan fingerprint density at radius 3 is 2.00 bits per heavy atom. The van der Waals surface area contributed by atoms with Crippen LogP contribution in [0.25, 0.3) is 0 Å². The summed E-state index contributed by atoms with van der Waals surface area (Å²) in [5.41, 5.74) is -0.813. The second-order valence-corrected chi connectivity index (χ2v) is 8.32. The molecule has 0 aliphatic rings. The van der Waals surface area contributed by atoms with Gasteiger partial charge in [-0.05, 0) is 41.5 Å². The van der Waals surface area contributed by atoms with Crippen molar-refractivity contribution in [3.05, 3.63) is 0 Å². The van der Waals surface area contributed by atoms with E-state index in [1.54, 1.807) is 6.92 Å². The molecule has 0 aromatic heterocycles. The first kappa shape index (κ1) is 17.5. The topological polar surface area (TPSA) is 52.6 Å². The van der Waals surface area contributed by atoms with Crippen LogP contribution in [-0.2, 0) is 18.8 Å². The third kappa shape index (κ3) is 9.55. The third-order valence-corrected chi connectivity index (χ3v) is 3.47. The number of hydrogen-bond donors (Lipinski definition) is 0. The van der Waals surface area contributed by atoms with E-state index < -0.39 is 13.4 Å². The number of carbonyl (C=O) groups is 1. The van der Waals surface area contributed by atoms with Gasteiger partial charge in [0.15, 0.2) is 6.16 Å². The highest BCUT2D eigenvalue weighted by Gasteiger charge is 2.31. The first-order valence-corrected chi connectivity index (χ1v) is 7.75. The molecule has 0 aliphatic heterocycles. The zero-order valence-corrected chi connectivity index (χ0v) is 13.5. The molecule has 0 bridgehead atoms. The summed E-state index contributed by atoms with van der Waals surface area (Å²) >= 11 is 0. The number of rotatable bonds is 5. The van der Waals surface area contributed by atoms with E-state index in [-0.39, 0.29) is 23.8 Å². The Hall–Kier alpha value is -0.470. The molecule has 0 aliphatic carbocycles. The van der Waals surface area contributed by atoms with Crippen molar-refractivity contribution in [2.75, 3.05) is 6.16 Å². The van der Waals surface area contributed by atoms with E-state index in [0.717, 1.165) is 0 Å². The molecule has 0 heterocycles. The van der Waals surface area contributed by atoms with Crippen LogP contribution in [0.15, 0.2) is 0 Å². The molecule has 0 radical (unpaired) electrons. The van der Waals surface area contributed by atoms with Crippen molar-refractivity contribution in [2.24, 2.45) is 0 Å². The molecule has 0 rings (SSSR count). The number of ether oxygens (including phenoxy) is 2. The fraction of sp³-hybridized carbons (Fsp3) is 0.923. The minimum Gasteiger partial charge on any atom is -0.460 e. The molecule has 2 atom stereocenters. The van der Waals surface area contributed by atoms with Crippen molar-refractivity contribution in [1.82, 2.24) is 0 Å². The maximum absolute atomic E-state index is 11.9. The molecule has 0 fully saturated rings. The third-order valence-electron chi connectivity index (χ3n) is 1.89. The molecule has 18 heavy (non-hydrogen) atoms. The predicted molar refractivity (Wildman–Crippen MR) is 73.2 cm³/mol. The lowest BCUT2D eigenvalue weighted by atomic mass is 10.2. The molecular formula is C13H26O4P+. The van der Waals surface area contributed by atoms with E-state index in [4.69, 9.17) is 9.47 Å². The highest BCUT2D eigenvalue weighted by Crippen LogP contribution is 2.32. The Kier molecular flexibility index (Phi) is 6.45. The lowest BCUT2D eigenvalue weighted by molar-refractivity contribution is -0.154. The van der Waals surface area contributed by atoms with Gasteiger partial charge in [0.2, 0.25) is 0 Å². The molecule has 0 saturated heterocycles. The first-order chi connectivity index (χ1) is 7.91. The van der Waals surface area contributed by atoms with Crippen LogP contribution in [0, 0.1) is 0 Å². The summed E-state index contributed by atoms with van der Waals surface area (Å²) in [6.45, 7) is 13.0. The van der Waals surface area contributed by atoms with Gasteiger partial charge in [-0.25, -0.2) is 0 Å². The van der Waals surface area contributed by atoms with Crippen molar-refractivity contribution in [3.8, 4) is 0 Å². The lowest BCUT2D eigenvalue weighted by Crippen LogP contribution is -2.25. The van der Waals surface area contributed by atoms with Gasteiger partial charge in [-0.3, -0.25) is 4.79 Å². The quantitative estimate of drug-likeness (QED) is 0.568. The highest BCUT2D eigenvalue weighted by molar-refractivity contribution is 7.45. The van der Waals surface area contributed by atoms with E-state index in [2.05, 4.69) is 0 Å². The van der Waals surface area contributed by atoms with Gasteiger partial charge in [0.05, 0.1) is 12.0 Å². The molecule has 106 valence electrons. The van der Waals surface area contributed by atoms with Gasteiger partial charge in [-0.2, -0.15) is 0 Å². The van der Waals surface area contributed by atoms with Crippen LogP contribution in [0.1, 0.15) is 54.9 Å². The summed E-state index contributed by atoms with van der Waals surface area (Å²) in [6.07, 6.45) is 0.478. The van der Waals surface area contributed by atoms with Crippen molar-refractivity contribution in [2.45, 2.75) is 71.9 Å². The smallest absolute Gasteiger partial charge is 0.370 e. The van der Waals surface area contributed by atoms with Gasteiger partial charge in [0, 0.05) is 6.92 Å². The first-order valence-electron chi connectivity index (χ1n) is 6.24. The van der Waals surface area contributed by atoms with Gasteiger partial charge in [0.1, 0.15) is 5.60 Å². The fourth-order valence-corrected chi connectivity index (χ4v) is 2.55. The van der Waals surface area contributed by atoms with Crippen LogP contribution >= 0.6 is 7.80 Å². The second kappa shape index (κ2) is 6.63. The van der Waals surface area contributed by atoms with Crippen LogP contribution in [0.5, 0.6) is 0 Å². The van der Waals surface area contributed by atoms with E-state index >= 15 is 0 Å². The van der Waals surface area contributed by atoms with Crippen molar-refractivity contribution < 1.29 is 18.8 Å². The molecule has 0 aromatic rings. The lowest BCUT2D eigenvalue weighted by Gasteiger charge is -2.20. The van der Waals surface area contributed by atoms with E-state index in [9.17, 15) is 9.36 Å². The zero-order chi connectivity index (χ0) is 14.6. The predicted octanol–water partition coefficient (Wildman–Crippen LogP) is 3.71. The Labute approximate surface area is 111 Å². The monoisotopic (exact) mass is 277 g/mol. The maximum atomic E-state index is 11.9. The average molecular weight is 277 g/mol. The maximum Gasteiger partial charge on any atom is 0.370 e. The molecular weight excluding hydrogens is 251 g/mol. The summed E-state index contributed by atoms with van der Waals surface area (Å²) < 4.78 is 22.7. The van der Waals surface area contributed by atoms with Gasteiger partial charge in [-0.1, -0.05) is 4.57 Å².